The zero-order valence-corrected chi connectivity index (χ0v) is 7.57. The molecular weight excluding hydrogens is 122 g/mol. The van der Waals surface area contributed by atoms with Gasteiger partial charge in [-0.2, -0.15) is 0 Å². The van der Waals surface area contributed by atoms with Gasteiger partial charge in [-0.1, -0.05) is 27.7 Å². The summed E-state index contributed by atoms with van der Waals surface area (Å²) in [6, 6.07) is 0.729. The monoisotopic (exact) mass is 141 g/mol. The fourth-order valence-electron chi connectivity index (χ4n) is 1.99. The summed E-state index contributed by atoms with van der Waals surface area (Å²) in [6.45, 7) is 10.5. The third-order valence-corrected chi connectivity index (χ3v) is 2.47. The van der Waals surface area contributed by atoms with Crippen LogP contribution in [0, 0.1) is 11.3 Å². The summed E-state index contributed by atoms with van der Waals surface area (Å²) in [5, 5.41) is 3.55. The van der Waals surface area contributed by atoms with Crippen molar-refractivity contribution < 1.29 is 0 Å². The molecule has 1 N–H and O–H groups in total. The lowest BCUT2D eigenvalue weighted by Crippen LogP contribution is -2.38. The van der Waals surface area contributed by atoms with E-state index in [2.05, 4.69) is 33.0 Å². The number of hydrogen-bond donors (Lipinski definition) is 1. The summed E-state index contributed by atoms with van der Waals surface area (Å²) >= 11 is 0. The predicted molar refractivity (Wildman–Crippen MR) is 45.0 cm³/mol. The van der Waals surface area contributed by atoms with Gasteiger partial charge in [0.25, 0.3) is 0 Å². The fraction of sp³-hybridized carbons (Fsp3) is 1.00. The molecule has 10 heavy (non-hydrogen) atoms. The van der Waals surface area contributed by atoms with Gasteiger partial charge in [0.15, 0.2) is 0 Å². The van der Waals surface area contributed by atoms with Gasteiger partial charge in [-0.25, -0.2) is 0 Å². The number of hydrogen-bond acceptors (Lipinski definition) is 1. The Balaban J connectivity index is 2.55. The van der Waals surface area contributed by atoms with E-state index in [1.54, 1.807) is 0 Å². The average Bonchev–Trinajstić information content (AvgIpc) is 2.11. The Labute approximate surface area is 64.2 Å². The van der Waals surface area contributed by atoms with Gasteiger partial charge < -0.3 is 5.32 Å². The summed E-state index contributed by atoms with van der Waals surface area (Å²) in [6.07, 6.45) is 1.35. The van der Waals surface area contributed by atoms with E-state index in [9.17, 15) is 0 Å². The maximum Gasteiger partial charge on any atom is 0.0142 e. The van der Waals surface area contributed by atoms with Crippen LogP contribution in [0.5, 0.6) is 0 Å². The van der Waals surface area contributed by atoms with Crippen LogP contribution >= 0.6 is 0 Å². The van der Waals surface area contributed by atoms with E-state index in [1.165, 1.54) is 13.0 Å². The summed E-state index contributed by atoms with van der Waals surface area (Å²) in [5.74, 6) is 0.861. The van der Waals surface area contributed by atoms with E-state index in [1.807, 2.05) is 0 Å². The Bertz CT molecular complexity index is 112. The highest BCUT2D eigenvalue weighted by Crippen LogP contribution is 2.29. The van der Waals surface area contributed by atoms with E-state index in [0.29, 0.717) is 5.41 Å². The molecule has 1 heteroatoms. The standard InChI is InChI=1S/C9H19N/c1-7-5-6-10-8(7)9(2,3)4/h7-8,10H,5-6H2,1-4H3. The molecule has 1 nitrogen and oxygen atoms in total. The Hall–Kier alpha value is -0.0400. The van der Waals surface area contributed by atoms with Crippen LogP contribution < -0.4 is 5.32 Å². The Morgan fingerprint density at radius 3 is 2.10 bits per heavy atom. The first kappa shape index (κ1) is 8.06. The van der Waals surface area contributed by atoms with Gasteiger partial charge in [-0.3, -0.25) is 0 Å². The summed E-state index contributed by atoms with van der Waals surface area (Å²) < 4.78 is 0. The van der Waals surface area contributed by atoms with Crippen LogP contribution in [0.4, 0.5) is 0 Å². The van der Waals surface area contributed by atoms with Crippen LogP contribution in [0.2, 0.25) is 0 Å². The lowest BCUT2D eigenvalue weighted by atomic mass is 9.81. The van der Waals surface area contributed by atoms with Crippen LogP contribution in [0.15, 0.2) is 0 Å². The smallest absolute Gasteiger partial charge is 0.0142 e. The molecule has 0 amide bonds. The van der Waals surface area contributed by atoms with Gasteiger partial charge in [0, 0.05) is 6.04 Å². The molecule has 0 aromatic carbocycles. The van der Waals surface area contributed by atoms with Gasteiger partial charge in [-0.15, -0.1) is 0 Å². The molecule has 1 heterocycles. The Kier molecular flexibility index (Phi) is 2.04. The average molecular weight is 141 g/mol. The van der Waals surface area contributed by atoms with Crippen molar-refractivity contribution in [2.24, 2.45) is 11.3 Å². The molecule has 0 saturated carbocycles. The molecule has 0 aromatic rings. The van der Waals surface area contributed by atoms with Gasteiger partial charge in [0.05, 0.1) is 0 Å². The topological polar surface area (TPSA) is 12.0 Å². The zero-order chi connectivity index (χ0) is 7.78. The molecule has 1 rings (SSSR count). The number of nitrogens with one attached hydrogen (secondary N) is 1. The first-order valence-electron chi connectivity index (χ1n) is 4.25. The quantitative estimate of drug-likeness (QED) is 0.544. The van der Waals surface area contributed by atoms with Crippen LogP contribution in [-0.2, 0) is 0 Å². The van der Waals surface area contributed by atoms with Crippen LogP contribution in [0.25, 0.3) is 0 Å². The Morgan fingerprint density at radius 1 is 1.30 bits per heavy atom. The molecule has 0 spiro atoms. The van der Waals surface area contributed by atoms with Crippen molar-refractivity contribution in [1.82, 2.24) is 5.32 Å². The summed E-state index contributed by atoms with van der Waals surface area (Å²) in [7, 11) is 0. The van der Waals surface area contributed by atoms with Crippen LogP contribution in [0.1, 0.15) is 34.1 Å². The highest BCUT2D eigenvalue weighted by Gasteiger charge is 2.32. The molecule has 0 aromatic heterocycles. The molecule has 60 valence electrons. The van der Waals surface area contributed by atoms with Gasteiger partial charge >= 0.3 is 0 Å². The highest BCUT2D eigenvalue weighted by atomic mass is 15.0. The van der Waals surface area contributed by atoms with E-state index in [-0.39, 0.29) is 0 Å². The van der Waals surface area contributed by atoms with Crippen molar-refractivity contribution in [1.29, 1.82) is 0 Å². The summed E-state index contributed by atoms with van der Waals surface area (Å²) in [5.41, 5.74) is 0.440. The minimum atomic E-state index is 0.440. The normalized spacial score (nSPS) is 34.8. The van der Waals surface area contributed by atoms with Crippen LogP contribution in [0.3, 0.4) is 0 Å². The minimum Gasteiger partial charge on any atom is -0.313 e. The van der Waals surface area contributed by atoms with E-state index >= 15 is 0 Å². The van der Waals surface area contributed by atoms with Crippen molar-refractivity contribution in [2.45, 2.75) is 40.2 Å². The minimum absolute atomic E-state index is 0.440. The molecular formula is C9H19N. The van der Waals surface area contributed by atoms with Crippen molar-refractivity contribution in [3.05, 3.63) is 0 Å². The second-order valence-electron chi connectivity index (χ2n) is 4.56. The van der Waals surface area contributed by atoms with Crippen molar-refractivity contribution in [3.8, 4) is 0 Å². The first-order chi connectivity index (χ1) is 4.52. The summed E-state index contributed by atoms with van der Waals surface area (Å²) in [4.78, 5) is 0. The number of rotatable bonds is 0. The third kappa shape index (κ3) is 1.51. The zero-order valence-electron chi connectivity index (χ0n) is 7.57. The van der Waals surface area contributed by atoms with E-state index < -0.39 is 0 Å². The molecule has 1 saturated heterocycles. The molecule has 1 aliphatic heterocycles. The van der Waals surface area contributed by atoms with E-state index in [4.69, 9.17) is 0 Å². The molecule has 0 bridgehead atoms. The van der Waals surface area contributed by atoms with Gasteiger partial charge in [0.2, 0.25) is 0 Å². The van der Waals surface area contributed by atoms with Crippen LogP contribution in [-0.4, -0.2) is 12.6 Å². The largest absolute Gasteiger partial charge is 0.313 e. The van der Waals surface area contributed by atoms with Gasteiger partial charge in [0.1, 0.15) is 0 Å². The molecule has 2 atom stereocenters. The maximum absolute atomic E-state index is 3.55. The predicted octanol–water partition coefficient (Wildman–Crippen LogP) is 2.03. The lowest BCUT2D eigenvalue weighted by molar-refractivity contribution is 0.249. The lowest BCUT2D eigenvalue weighted by Gasteiger charge is -2.30. The molecule has 1 aliphatic rings. The molecule has 0 aliphatic carbocycles. The van der Waals surface area contributed by atoms with Crippen molar-refractivity contribution >= 4 is 0 Å². The SMILES string of the molecule is CC1CCNC1C(C)(C)C. The first-order valence-corrected chi connectivity index (χ1v) is 4.25. The fourth-order valence-corrected chi connectivity index (χ4v) is 1.99. The Morgan fingerprint density at radius 2 is 1.90 bits per heavy atom. The van der Waals surface area contributed by atoms with Gasteiger partial charge in [-0.05, 0) is 24.3 Å². The van der Waals surface area contributed by atoms with E-state index in [0.717, 1.165) is 12.0 Å². The van der Waals surface area contributed by atoms with Crippen molar-refractivity contribution in [2.75, 3.05) is 6.54 Å². The molecule has 2 unspecified atom stereocenters. The molecule has 0 radical (unpaired) electrons. The maximum atomic E-state index is 3.55. The second kappa shape index (κ2) is 2.54. The highest BCUT2D eigenvalue weighted by molar-refractivity contribution is 4.89. The second-order valence-corrected chi connectivity index (χ2v) is 4.56. The third-order valence-electron chi connectivity index (χ3n) is 2.47. The van der Waals surface area contributed by atoms with Crippen molar-refractivity contribution in [3.63, 3.8) is 0 Å². The molecule has 1 fully saturated rings.